The van der Waals surface area contributed by atoms with E-state index in [0.29, 0.717) is 0 Å². The van der Waals surface area contributed by atoms with Crippen LogP contribution in [0.15, 0.2) is 24.5 Å². The summed E-state index contributed by atoms with van der Waals surface area (Å²) in [5, 5.41) is 0. The summed E-state index contributed by atoms with van der Waals surface area (Å²) in [6, 6.07) is 3.72. The average Bonchev–Trinajstić information content (AvgIpc) is 1.77. The maximum atomic E-state index is 5.41. The van der Waals surface area contributed by atoms with Crippen molar-refractivity contribution < 1.29 is 4.57 Å². The average molecular weight is 109 g/mol. The highest BCUT2D eigenvalue weighted by Gasteiger charge is 1.86. The van der Waals surface area contributed by atoms with Crippen LogP contribution >= 0.6 is 0 Å². The Labute approximate surface area is 48.6 Å². The molecule has 0 fully saturated rings. The van der Waals surface area contributed by atoms with Gasteiger partial charge < -0.3 is 5.73 Å². The van der Waals surface area contributed by atoms with Gasteiger partial charge >= 0.3 is 0 Å². The molecule has 0 aliphatic carbocycles. The van der Waals surface area contributed by atoms with E-state index in [1.54, 1.807) is 0 Å². The van der Waals surface area contributed by atoms with E-state index in [0.717, 1.165) is 5.69 Å². The van der Waals surface area contributed by atoms with Crippen LogP contribution in [0.2, 0.25) is 0 Å². The summed E-state index contributed by atoms with van der Waals surface area (Å²) in [6.45, 7) is 0. The first-order chi connectivity index (χ1) is 3.79. The van der Waals surface area contributed by atoms with Crippen molar-refractivity contribution in [3.05, 3.63) is 24.5 Å². The number of hydrogen-bond acceptors (Lipinski definition) is 1. The number of nitrogens with zero attached hydrogens (tertiary/aromatic N) is 1. The van der Waals surface area contributed by atoms with Gasteiger partial charge in [-0.3, -0.25) is 0 Å². The van der Waals surface area contributed by atoms with Crippen molar-refractivity contribution in [1.82, 2.24) is 0 Å². The molecule has 0 aromatic carbocycles. The van der Waals surface area contributed by atoms with Crippen LogP contribution in [0, 0.1) is 0 Å². The van der Waals surface area contributed by atoms with Gasteiger partial charge in [-0.15, -0.1) is 0 Å². The van der Waals surface area contributed by atoms with Crippen LogP contribution in [-0.4, -0.2) is 0 Å². The molecule has 0 bridgehead atoms. The van der Waals surface area contributed by atoms with Gasteiger partial charge in [0.05, 0.1) is 0 Å². The fourth-order valence-electron chi connectivity index (χ4n) is 0.513. The summed E-state index contributed by atoms with van der Waals surface area (Å²) in [6.07, 6.45) is 3.82. The van der Waals surface area contributed by atoms with E-state index >= 15 is 0 Å². The van der Waals surface area contributed by atoms with Crippen molar-refractivity contribution in [2.45, 2.75) is 0 Å². The Balaban J connectivity index is 3.03. The first kappa shape index (κ1) is 5.09. The molecule has 0 atom stereocenters. The maximum Gasteiger partial charge on any atom is 0.170 e. The Kier molecular flexibility index (Phi) is 1.16. The Bertz CT molecular complexity index is 145. The number of hydrogen-bond donors (Lipinski definition) is 1. The molecule has 1 heterocycles. The molecular weight excluding hydrogens is 100 g/mol. The topological polar surface area (TPSA) is 29.9 Å². The van der Waals surface area contributed by atoms with Gasteiger partial charge in [-0.1, -0.05) is 0 Å². The first-order valence-electron chi connectivity index (χ1n) is 2.50. The van der Waals surface area contributed by atoms with E-state index in [1.807, 2.05) is 36.1 Å². The van der Waals surface area contributed by atoms with Crippen LogP contribution in [0.5, 0.6) is 0 Å². The summed E-state index contributed by atoms with van der Waals surface area (Å²) in [5.74, 6) is 0. The molecule has 42 valence electrons. The third-order valence-electron chi connectivity index (χ3n) is 1.00. The minimum atomic E-state index is 0.808. The van der Waals surface area contributed by atoms with Gasteiger partial charge in [0.2, 0.25) is 0 Å². The summed E-state index contributed by atoms with van der Waals surface area (Å²) in [4.78, 5) is 0. The third kappa shape index (κ3) is 0.964. The molecule has 0 radical (unpaired) electrons. The lowest BCUT2D eigenvalue weighted by Gasteiger charge is -1.85. The fraction of sp³-hybridized carbons (Fsp3) is 0.167. The maximum absolute atomic E-state index is 5.41. The van der Waals surface area contributed by atoms with E-state index < -0.39 is 0 Å². The molecule has 1 aromatic heterocycles. The number of anilines is 1. The Morgan fingerprint density at radius 2 is 1.88 bits per heavy atom. The normalized spacial score (nSPS) is 9.12. The predicted molar refractivity (Wildman–Crippen MR) is 32.0 cm³/mol. The lowest BCUT2D eigenvalue weighted by Crippen LogP contribution is -2.25. The molecular formula is C6H9N2+. The van der Waals surface area contributed by atoms with Crippen molar-refractivity contribution in [1.29, 1.82) is 0 Å². The summed E-state index contributed by atoms with van der Waals surface area (Å²) >= 11 is 0. The number of nitrogen functional groups attached to an aromatic ring is 1. The van der Waals surface area contributed by atoms with Crippen LogP contribution in [0.1, 0.15) is 0 Å². The van der Waals surface area contributed by atoms with Crippen LogP contribution in [0.4, 0.5) is 5.69 Å². The van der Waals surface area contributed by atoms with Crippen molar-refractivity contribution in [3.63, 3.8) is 0 Å². The molecule has 0 saturated heterocycles. The molecule has 0 aliphatic rings. The van der Waals surface area contributed by atoms with Crippen LogP contribution in [0.25, 0.3) is 0 Å². The fourth-order valence-corrected chi connectivity index (χ4v) is 0.513. The molecule has 0 aliphatic heterocycles. The van der Waals surface area contributed by atoms with E-state index in [2.05, 4.69) is 0 Å². The van der Waals surface area contributed by atoms with Crippen LogP contribution in [-0.2, 0) is 7.05 Å². The Hall–Kier alpha value is -1.05. The monoisotopic (exact) mass is 109 g/mol. The zero-order chi connectivity index (χ0) is 5.98. The molecule has 1 rings (SSSR count). The standard InChI is InChI=1S/C6H8N2/c1-8-4-2-6(7)3-5-8/h2-5,7H,1H3/p+1. The van der Waals surface area contributed by atoms with Crippen molar-refractivity contribution in [2.24, 2.45) is 7.05 Å². The first-order valence-corrected chi connectivity index (χ1v) is 2.50. The molecule has 2 nitrogen and oxygen atoms in total. The second-order valence-corrected chi connectivity index (χ2v) is 1.80. The molecule has 0 amide bonds. The lowest BCUT2D eigenvalue weighted by atomic mass is 10.4. The summed E-state index contributed by atoms with van der Waals surface area (Å²) in [7, 11) is 1.96. The number of nitrogens with two attached hydrogens (primary N) is 1. The Morgan fingerprint density at radius 3 is 2.25 bits per heavy atom. The van der Waals surface area contributed by atoms with E-state index in [-0.39, 0.29) is 0 Å². The van der Waals surface area contributed by atoms with Crippen LogP contribution in [0.3, 0.4) is 0 Å². The van der Waals surface area contributed by atoms with Crippen LogP contribution < -0.4 is 10.3 Å². The second kappa shape index (κ2) is 1.82. The van der Waals surface area contributed by atoms with E-state index in [9.17, 15) is 0 Å². The van der Waals surface area contributed by atoms with Gasteiger partial charge in [-0.25, -0.2) is 4.57 Å². The van der Waals surface area contributed by atoms with Crippen molar-refractivity contribution in [3.8, 4) is 0 Å². The van der Waals surface area contributed by atoms with Crippen molar-refractivity contribution >= 4 is 5.69 Å². The molecule has 2 heteroatoms. The number of aromatic nitrogens is 1. The smallest absolute Gasteiger partial charge is 0.170 e. The summed E-state index contributed by atoms with van der Waals surface area (Å²) < 4.78 is 1.94. The molecule has 0 unspecified atom stereocenters. The van der Waals surface area contributed by atoms with Gasteiger partial charge in [-0.2, -0.15) is 0 Å². The van der Waals surface area contributed by atoms with Gasteiger partial charge in [0.25, 0.3) is 0 Å². The number of rotatable bonds is 0. The van der Waals surface area contributed by atoms with Gasteiger partial charge in [0.15, 0.2) is 12.4 Å². The van der Waals surface area contributed by atoms with E-state index in [1.165, 1.54) is 0 Å². The number of pyridine rings is 1. The van der Waals surface area contributed by atoms with E-state index in [4.69, 9.17) is 5.73 Å². The predicted octanol–water partition coefficient (Wildman–Crippen LogP) is 0.0933. The number of aryl methyl sites for hydroxylation is 1. The Morgan fingerprint density at radius 1 is 1.38 bits per heavy atom. The molecule has 8 heavy (non-hydrogen) atoms. The van der Waals surface area contributed by atoms with Crippen molar-refractivity contribution in [2.75, 3.05) is 5.73 Å². The zero-order valence-corrected chi connectivity index (χ0v) is 4.83. The molecule has 0 saturated carbocycles. The minimum Gasteiger partial charge on any atom is -0.398 e. The zero-order valence-electron chi connectivity index (χ0n) is 4.83. The molecule has 1 aromatic rings. The summed E-state index contributed by atoms with van der Waals surface area (Å²) in [5.41, 5.74) is 6.22. The highest BCUT2D eigenvalue weighted by molar-refractivity contribution is 5.32. The van der Waals surface area contributed by atoms with Gasteiger partial charge in [0.1, 0.15) is 7.05 Å². The molecule has 2 N–H and O–H groups in total. The largest absolute Gasteiger partial charge is 0.398 e. The van der Waals surface area contributed by atoms with Gasteiger partial charge in [-0.05, 0) is 0 Å². The molecule has 0 spiro atoms. The third-order valence-corrected chi connectivity index (χ3v) is 1.00. The second-order valence-electron chi connectivity index (χ2n) is 1.80. The quantitative estimate of drug-likeness (QED) is 0.470. The minimum absolute atomic E-state index is 0.808. The SMILES string of the molecule is C[n+]1ccc(N)cc1. The van der Waals surface area contributed by atoms with Gasteiger partial charge in [0, 0.05) is 17.8 Å². The highest BCUT2D eigenvalue weighted by atomic mass is 14.9. The highest BCUT2D eigenvalue weighted by Crippen LogP contribution is 1.91. The lowest BCUT2D eigenvalue weighted by molar-refractivity contribution is -0.671.